The van der Waals surface area contributed by atoms with Crippen molar-refractivity contribution in [2.45, 2.75) is 11.1 Å². The lowest BCUT2D eigenvalue weighted by Gasteiger charge is -2.14. The third-order valence-corrected chi connectivity index (χ3v) is 6.14. The summed E-state index contributed by atoms with van der Waals surface area (Å²) in [4.78, 5) is 30.2. The largest absolute Gasteiger partial charge is 0.416 e. The van der Waals surface area contributed by atoms with Crippen molar-refractivity contribution in [1.29, 1.82) is 0 Å². The molecule has 8 nitrogen and oxygen atoms in total. The maximum atomic E-state index is 13.3. The highest BCUT2D eigenvalue weighted by Gasteiger charge is 2.31. The predicted molar refractivity (Wildman–Crippen MR) is 123 cm³/mol. The molecule has 1 heterocycles. The summed E-state index contributed by atoms with van der Waals surface area (Å²) >= 11 is 0. The maximum Gasteiger partial charge on any atom is 0.416 e. The van der Waals surface area contributed by atoms with Gasteiger partial charge in [-0.15, -0.1) is 0 Å². The molecule has 1 amide bonds. The number of amides is 1. The second kappa shape index (κ2) is 8.87. The van der Waals surface area contributed by atoms with Crippen LogP contribution in [-0.4, -0.2) is 30.1 Å². The van der Waals surface area contributed by atoms with E-state index in [1.807, 2.05) is 0 Å². The molecule has 35 heavy (non-hydrogen) atoms. The van der Waals surface area contributed by atoms with Gasteiger partial charge in [-0.25, -0.2) is 13.4 Å². The number of fused-ring (bicyclic) bond motifs is 1. The maximum absolute atomic E-state index is 13.3. The number of aromatic nitrogens is 2. The van der Waals surface area contributed by atoms with Crippen LogP contribution in [0.1, 0.15) is 16.1 Å². The topological polar surface area (TPSA) is 110 Å². The third-order valence-electron chi connectivity index (χ3n) is 5.01. The first-order valence-corrected chi connectivity index (χ1v) is 11.9. The molecule has 0 radical (unpaired) electrons. The molecule has 0 atom stereocenters. The lowest BCUT2D eigenvalue weighted by Crippen LogP contribution is -2.37. The molecule has 2 N–H and O–H groups in total. The molecule has 0 aliphatic heterocycles. The fourth-order valence-electron chi connectivity index (χ4n) is 3.33. The SMILES string of the molecule is CS(=O)(=O)c1ccc(NNC(=O)c2nc3ccccc3n(-c3cccc(C(F)(F)F)c3)c2=O)cc1. The minimum Gasteiger partial charge on any atom is -0.298 e. The van der Waals surface area contributed by atoms with Gasteiger partial charge < -0.3 is 0 Å². The predicted octanol–water partition coefficient (Wildman–Crippen LogP) is 3.56. The minimum absolute atomic E-state index is 0.0783. The zero-order valence-electron chi connectivity index (χ0n) is 18.0. The van der Waals surface area contributed by atoms with Crippen LogP contribution in [0.15, 0.2) is 82.5 Å². The van der Waals surface area contributed by atoms with Gasteiger partial charge in [-0.1, -0.05) is 18.2 Å². The van der Waals surface area contributed by atoms with E-state index in [4.69, 9.17) is 0 Å². The molecule has 180 valence electrons. The lowest BCUT2D eigenvalue weighted by atomic mass is 10.1. The molecular weight excluding hydrogens is 485 g/mol. The molecule has 0 unspecified atom stereocenters. The van der Waals surface area contributed by atoms with Crippen LogP contribution in [0, 0.1) is 0 Å². The number of hydrogen-bond acceptors (Lipinski definition) is 6. The van der Waals surface area contributed by atoms with E-state index < -0.39 is 38.7 Å². The Labute approximate surface area is 196 Å². The Hall–Kier alpha value is -4.19. The van der Waals surface area contributed by atoms with Gasteiger partial charge in [0.2, 0.25) is 0 Å². The number of carbonyl (C=O) groups excluding carboxylic acids is 1. The van der Waals surface area contributed by atoms with Crippen LogP contribution in [0.2, 0.25) is 0 Å². The van der Waals surface area contributed by atoms with Crippen molar-refractivity contribution in [3.05, 3.63) is 94.4 Å². The van der Waals surface area contributed by atoms with E-state index in [2.05, 4.69) is 15.8 Å². The molecule has 0 fully saturated rings. The van der Waals surface area contributed by atoms with E-state index in [0.717, 1.165) is 23.0 Å². The molecule has 3 aromatic carbocycles. The number of benzene rings is 3. The van der Waals surface area contributed by atoms with Crippen molar-refractivity contribution >= 4 is 32.5 Å². The Morgan fingerprint density at radius 2 is 1.66 bits per heavy atom. The number of sulfone groups is 1. The first-order chi connectivity index (χ1) is 16.4. The highest BCUT2D eigenvalue weighted by atomic mass is 32.2. The molecular formula is C23H17F3N4O4S. The summed E-state index contributed by atoms with van der Waals surface area (Å²) in [5, 5.41) is 0. The van der Waals surface area contributed by atoms with Crippen LogP contribution in [0.25, 0.3) is 16.7 Å². The first-order valence-electron chi connectivity index (χ1n) is 10.0. The number of alkyl halides is 3. The van der Waals surface area contributed by atoms with E-state index in [0.29, 0.717) is 5.69 Å². The third kappa shape index (κ3) is 5.01. The molecule has 0 bridgehead atoms. The summed E-state index contributed by atoms with van der Waals surface area (Å²) in [6.45, 7) is 0. The molecule has 0 spiro atoms. The Kier molecular flexibility index (Phi) is 6.07. The van der Waals surface area contributed by atoms with Gasteiger partial charge in [0.1, 0.15) is 0 Å². The summed E-state index contributed by atoms with van der Waals surface area (Å²) < 4.78 is 63.9. The molecule has 1 aromatic heterocycles. The van der Waals surface area contributed by atoms with Crippen LogP contribution < -0.4 is 16.4 Å². The summed E-state index contributed by atoms with van der Waals surface area (Å²) in [5.41, 5.74) is 3.10. The molecule has 0 saturated heterocycles. The van der Waals surface area contributed by atoms with Crippen molar-refractivity contribution < 1.29 is 26.4 Å². The highest BCUT2D eigenvalue weighted by Crippen LogP contribution is 2.30. The number of carbonyl (C=O) groups is 1. The number of nitrogens with one attached hydrogen (secondary N) is 2. The molecule has 12 heteroatoms. The van der Waals surface area contributed by atoms with E-state index in [-0.39, 0.29) is 21.6 Å². The second-order valence-electron chi connectivity index (χ2n) is 7.51. The van der Waals surface area contributed by atoms with E-state index >= 15 is 0 Å². The van der Waals surface area contributed by atoms with Crippen molar-refractivity contribution in [3.63, 3.8) is 0 Å². The fourth-order valence-corrected chi connectivity index (χ4v) is 3.96. The zero-order valence-corrected chi connectivity index (χ0v) is 18.8. The number of hydrazine groups is 1. The molecule has 0 aliphatic rings. The van der Waals surface area contributed by atoms with E-state index in [9.17, 15) is 31.2 Å². The molecule has 0 aliphatic carbocycles. The summed E-state index contributed by atoms with van der Waals surface area (Å²) in [6.07, 6.45) is -3.57. The fraction of sp³-hybridized carbons (Fsp3) is 0.0870. The lowest BCUT2D eigenvalue weighted by molar-refractivity contribution is -0.137. The highest BCUT2D eigenvalue weighted by molar-refractivity contribution is 7.90. The zero-order chi connectivity index (χ0) is 25.4. The quantitative estimate of drug-likeness (QED) is 0.404. The van der Waals surface area contributed by atoms with Crippen molar-refractivity contribution in [3.8, 4) is 5.69 Å². The first kappa shape index (κ1) is 24.0. The smallest absolute Gasteiger partial charge is 0.298 e. The number of para-hydroxylation sites is 2. The van der Waals surface area contributed by atoms with Crippen LogP contribution in [-0.2, 0) is 16.0 Å². The van der Waals surface area contributed by atoms with Crippen molar-refractivity contribution in [2.24, 2.45) is 0 Å². The number of halogens is 3. The summed E-state index contributed by atoms with van der Waals surface area (Å²) in [7, 11) is -3.40. The number of anilines is 1. The Bertz CT molecular complexity index is 1600. The average Bonchev–Trinajstić information content (AvgIpc) is 2.81. The number of hydrogen-bond donors (Lipinski definition) is 2. The Morgan fingerprint density at radius 3 is 2.31 bits per heavy atom. The Morgan fingerprint density at radius 1 is 0.971 bits per heavy atom. The summed E-state index contributed by atoms with van der Waals surface area (Å²) in [6, 6.07) is 15.9. The van der Waals surface area contributed by atoms with Crippen LogP contribution in [0.3, 0.4) is 0 Å². The second-order valence-corrected chi connectivity index (χ2v) is 9.53. The Balaban J connectivity index is 1.72. The minimum atomic E-state index is -4.63. The van der Waals surface area contributed by atoms with Gasteiger partial charge in [0.05, 0.1) is 27.2 Å². The van der Waals surface area contributed by atoms with Crippen LogP contribution >= 0.6 is 0 Å². The van der Waals surface area contributed by atoms with Gasteiger partial charge in [-0.05, 0) is 54.6 Å². The van der Waals surface area contributed by atoms with E-state index in [1.165, 1.54) is 48.5 Å². The van der Waals surface area contributed by atoms with Gasteiger partial charge in [0.15, 0.2) is 15.5 Å². The molecule has 0 saturated carbocycles. The summed E-state index contributed by atoms with van der Waals surface area (Å²) in [5.74, 6) is -0.936. The van der Waals surface area contributed by atoms with Crippen LogP contribution in [0.5, 0.6) is 0 Å². The van der Waals surface area contributed by atoms with Gasteiger partial charge in [-0.3, -0.25) is 25.0 Å². The van der Waals surface area contributed by atoms with Gasteiger partial charge in [0.25, 0.3) is 11.5 Å². The normalized spacial score (nSPS) is 11.9. The molecule has 4 aromatic rings. The standard InChI is InChI=1S/C23H17F3N4O4S/c1-35(33,34)17-11-9-15(10-12-17)28-29-21(31)20-22(32)30(19-8-3-2-7-18(19)27-20)16-6-4-5-14(13-16)23(24,25)26/h2-13,28H,1H3,(H,29,31). The van der Waals surface area contributed by atoms with Gasteiger partial charge in [0, 0.05) is 11.9 Å². The van der Waals surface area contributed by atoms with Crippen molar-refractivity contribution in [1.82, 2.24) is 15.0 Å². The molecule has 4 rings (SSSR count). The van der Waals surface area contributed by atoms with E-state index in [1.54, 1.807) is 12.1 Å². The monoisotopic (exact) mass is 502 g/mol. The number of rotatable bonds is 5. The average molecular weight is 502 g/mol. The van der Waals surface area contributed by atoms with Crippen molar-refractivity contribution in [2.75, 3.05) is 11.7 Å². The van der Waals surface area contributed by atoms with Gasteiger partial charge in [-0.2, -0.15) is 13.2 Å². The van der Waals surface area contributed by atoms with Gasteiger partial charge >= 0.3 is 6.18 Å². The van der Waals surface area contributed by atoms with Crippen LogP contribution in [0.4, 0.5) is 18.9 Å². The number of nitrogens with zero attached hydrogens (tertiary/aromatic N) is 2.